The van der Waals surface area contributed by atoms with Crippen molar-refractivity contribution in [1.82, 2.24) is 5.32 Å². The maximum Gasteiger partial charge on any atom is 1.00 e. The van der Waals surface area contributed by atoms with Gasteiger partial charge in [-0.05, 0) is 13.3 Å². The van der Waals surface area contributed by atoms with E-state index in [4.69, 9.17) is 0 Å². The molecule has 0 aromatic heterocycles. The average Bonchev–Trinajstić information content (AvgIpc) is 2.25. The van der Waals surface area contributed by atoms with Gasteiger partial charge in [0.05, 0.1) is 12.5 Å². The number of Topliss-reactive ketones (excluding diaryl/α,β-unsaturated/α-hetero) is 1. The van der Waals surface area contributed by atoms with Gasteiger partial charge in [0.25, 0.3) is 0 Å². The number of aliphatic carboxylic acids is 1. The van der Waals surface area contributed by atoms with Gasteiger partial charge in [-0.25, -0.2) is 0 Å². The zero-order valence-corrected chi connectivity index (χ0v) is 13.3. The number of carbonyl (C=O) groups excluding carboxylic acids is 2. The third-order valence-electron chi connectivity index (χ3n) is 2.52. The molecule has 0 rings (SSSR count). The van der Waals surface area contributed by atoms with Crippen LogP contribution in [0.3, 0.4) is 0 Å². The van der Waals surface area contributed by atoms with E-state index < -0.39 is 12.0 Å². The van der Waals surface area contributed by atoms with Gasteiger partial charge in [-0.3, -0.25) is 4.79 Å². The summed E-state index contributed by atoms with van der Waals surface area (Å²) < 4.78 is 0. The van der Waals surface area contributed by atoms with Crippen molar-refractivity contribution < 1.29 is 44.3 Å². The van der Waals surface area contributed by atoms with Crippen LogP contribution in [0.2, 0.25) is 0 Å². The van der Waals surface area contributed by atoms with Crippen molar-refractivity contribution in [3.63, 3.8) is 0 Å². The van der Waals surface area contributed by atoms with Crippen molar-refractivity contribution in [3.05, 3.63) is 0 Å². The van der Waals surface area contributed by atoms with E-state index in [1.807, 2.05) is 0 Å². The second-order valence-corrected chi connectivity index (χ2v) is 4.12. The first kappa shape index (κ1) is 19.4. The fourth-order valence-electron chi connectivity index (χ4n) is 1.36. The van der Waals surface area contributed by atoms with E-state index in [1.54, 1.807) is 0 Å². The van der Waals surface area contributed by atoms with Gasteiger partial charge in [0.1, 0.15) is 5.78 Å². The van der Waals surface area contributed by atoms with E-state index in [9.17, 15) is 14.7 Å². The third kappa shape index (κ3) is 12.3. The van der Waals surface area contributed by atoms with Gasteiger partial charge in [-0.1, -0.05) is 32.6 Å². The topological polar surface area (TPSA) is 69.2 Å². The van der Waals surface area contributed by atoms with Crippen LogP contribution in [0.15, 0.2) is 0 Å². The Morgan fingerprint density at radius 2 is 1.76 bits per heavy atom. The third-order valence-corrected chi connectivity index (χ3v) is 2.52. The second-order valence-electron chi connectivity index (χ2n) is 4.12. The van der Waals surface area contributed by atoms with Crippen LogP contribution in [0, 0.1) is 0 Å². The van der Waals surface area contributed by atoms with Gasteiger partial charge in [-0.15, -0.1) is 0 Å². The number of hydrogen-bond donors (Lipinski definition) is 1. The van der Waals surface area contributed by atoms with Crippen LogP contribution in [0.4, 0.5) is 0 Å². The summed E-state index contributed by atoms with van der Waals surface area (Å²) in [7, 11) is 0. The summed E-state index contributed by atoms with van der Waals surface area (Å²) in [5.41, 5.74) is 0. The maximum atomic E-state index is 11.3. The van der Waals surface area contributed by atoms with E-state index >= 15 is 0 Å². The van der Waals surface area contributed by atoms with Crippen LogP contribution in [-0.2, 0) is 9.59 Å². The molecule has 0 heterocycles. The normalized spacial score (nSPS) is 11.6. The molecule has 0 amide bonds. The smallest absolute Gasteiger partial charge is 0.548 e. The quantitative estimate of drug-likeness (QED) is 0.349. The van der Waals surface area contributed by atoms with Gasteiger partial charge in [0.15, 0.2) is 0 Å². The Hall–Kier alpha value is 0.100. The van der Waals surface area contributed by atoms with Crippen molar-refractivity contribution in [2.75, 3.05) is 6.54 Å². The Morgan fingerprint density at radius 3 is 2.29 bits per heavy atom. The molecule has 0 aliphatic heterocycles. The van der Waals surface area contributed by atoms with Crippen LogP contribution in [0.5, 0.6) is 0 Å². The Kier molecular flexibility index (Phi) is 14.4. The molecule has 0 aliphatic carbocycles. The first-order chi connectivity index (χ1) is 7.57. The Bertz CT molecular complexity index is 222. The first-order valence-corrected chi connectivity index (χ1v) is 6.03. The van der Waals surface area contributed by atoms with Crippen molar-refractivity contribution in [2.45, 2.75) is 58.4 Å². The molecule has 0 saturated carbocycles. The van der Waals surface area contributed by atoms with Crippen LogP contribution in [0.1, 0.15) is 52.4 Å². The zero-order chi connectivity index (χ0) is 12.4. The predicted octanol–water partition coefficient (Wildman–Crippen LogP) is -2.35. The number of nitrogens with one attached hydrogen (secondary N) is 1. The zero-order valence-electron chi connectivity index (χ0n) is 11.3. The minimum Gasteiger partial charge on any atom is -0.548 e. The van der Waals surface area contributed by atoms with E-state index in [0.717, 1.165) is 12.8 Å². The molecule has 4 nitrogen and oxygen atoms in total. The summed E-state index contributed by atoms with van der Waals surface area (Å²) in [6, 6.07) is -0.760. The largest absolute Gasteiger partial charge is 1.00 e. The fourth-order valence-corrected chi connectivity index (χ4v) is 1.36. The van der Waals surface area contributed by atoms with Crippen molar-refractivity contribution in [2.24, 2.45) is 0 Å². The van der Waals surface area contributed by atoms with Crippen molar-refractivity contribution in [3.8, 4) is 0 Å². The average molecular weight is 251 g/mol. The predicted molar refractivity (Wildman–Crippen MR) is 60.9 cm³/mol. The molecule has 5 heteroatoms. The summed E-state index contributed by atoms with van der Waals surface area (Å²) in [4.78, 5) is 21.7. The second kappa shape index (κ2) is 12.6. The molecule has 94 valence electrons. The maximum absolute atomic E-state index is 11.3. The van der Waals surface area contributed by atoms with Crippen LogP contribution in [-0.4, -0.2) is 24.3 Å². The molecule has 0 saturated heterocycles. The van der Waals surface area contributed by atoms with Crippen LogP contribution >= 0.6 is 0 Å². The van der Waals surface area contributed by atoms with E-state index in [2.05, 4.69) is 12.2 Å². The summed E-state index contributed by atoms with van der Waals surface area (Å²) >= 11 is 0. The summed E-state index contributed by atoms with van der Waals surface area (Å²) in [5, 5.41) is 13.0. The van der Waals surface area contributed by atoms with Gasteiger partial charge in [0, 0.05) is 12.5 Å². The minimum absolute atomic E-state index is 0. The molecule has 0 fully saturated rings. The molecule has 0 spiro atoms. The number of hydrogen-bond acceptors (Lipinski definition) is 4. The molecule has 0 unspecified atom stereocenters. The summed E-state index contributed by atoms with van der Waals surface area (Å²) in [5.74, 6) is -1.10. The van der Waals surface area contributed by atoms with Gasteiger partial charge < -0.3 is 15.2 Å². The number of rotatable bonds is 10. The van der Waals surface area contributed by atoms with Gasteiger partial charge in [0.2, 0.25) is 0 Å². The molecular weight excluding hydrogens is 229 g/mol. The number of carbonyl (C=O) groups is 2. The van der Waals surface area contributed by atoms with Crippen LogP contribution < -0.4 is 40.0 Å². The number of ketones is 1. The molecule has 1 atom stereocenters. The molecule has 0 bridgehead atoms. The summed E-state index contributed by atoms with van der Waals surface area (Å²) in [6.07, 6.45) is 6.10. The molecule has 17 heavy (non-hydrogen) atoms. The Morgan fingerprint density at radius 1 is 1.18 bits per heavy atom. The van der Waals surface area contributed by atoms with Crippen LogP contribution in [0.25, 0.3) is 0 Å². The number of unbranched alkanes of at least 4 members (excludes halogenated alkanes) is 4. The SMILES string of the molecule is CCCCCCCC(=O)CN[C@@H](C)C(=O)[O-].[Na+]. The molecule has 0 radical (unpaired) electrons. The number of carboxylic acids is 1. The number of carboxylic acid groups (broad SMARTS) is 1. The molecular formula is C12H22NNaO3. The van der Waals surface area contributed by atoms with E-state index in [-0.39, 0.29) is 41.9 Å². The minimum atomic E-state index is -1.17. The molecule has 0 aliphatic rings. The monoisotopic (exact) mass is 251 g/mol. The van der Waals surface area contributed by atoms with Gasteiger partial charge in [-0.2, -0.15) is 0 Å². The summed E-state index contributed by atoms with van der Waals surface area (Å²) in [6.45, 7) is 3.75. The van der Waals surface area contributed by atoms with Crippen molar-refractivity contribution >= 4 is 11.8 Å². The van der Waals surface area contributed by atoms with Gasteiger partial charge >= 0.3 is 29.6 Å². The van der Waals surface area contributed by atoms with E-state index in [1.165, 1.54) is 26.2 Å². The molecule has 0 aromatic rings. The molecule has 1 N–H and O–H groups in total. The Labute approximate surface area is 126 Å². The Balaban J connectivity index is 0. The van der Waals surface area contributed by atoms with Crippen molar-refractivity contribution in [1.29, 1.82) is 0 Å². The standard InChI is InChI=1S/C12H23NO3.Na/c1-3-4-5-6-7-8-11(14)9-13-10(2)12(15)16;/h10,13H,3-9H2,1-2H3,(H,15,16);/q;+1/p-1/t10-;/m0./s1. The fraction of sp³-hybridized carbons (Fsp3) is 0.833. The molecule has 0 aromatic carbocycles. The first-order valence-electron chi connectivity index (χ1n) is 6.03. The van der Waals surface area contributed by atoms with E-state index in [0.29, 0.717) is 6.42 Å².